The van der Waals surface area contributed by atoms with E-state index in [9.17, 15) is 9.59 Å². The largest absolute Gasteiger partial charge is 0.376 e. The number of ether oxygens (including phenoxy) is 1. The maximum Gasteiger partial charge on any atom is 0.253 e. The Morgan fingerprint density at radius 1 is 1.00 bits per heavy atom. The SMILES string of the molecule is O=C(CCC1CCCC1)Nc1ccc(N2CCCCC2)c(C(=O)NC[C@H]2CCCO2)c1. The molecule has 2 heterocycles. The molecule has 2 amide bonds. The minimum absolute atomic E-state index is 0.0448. The molecule has 0 radical (unpaired) electrons. The van der Waals surface area contributed by atoms with Gasteiger partial charge in [0.1, 0.15) is 0 Å². The molecule has 1 atom stereocenters. The van der Waals surface area contributed by atoms with Crippen LogP contribution in [0.15, 0.2) is 18.2 Å². The van der Waals surface area contributed by atoms with Crippen LogP contribution in [0.2, 0.25) is 0 Å². The second kappa shape index (κ2) is 11.0. The molecule has 2 N–H and O–H groups in total. The average molecular weight is 428 g/mol. The lowest BCUT2D eigenvalue weighted by Gasteiger charge is -2.30. The molecule has 3 fully saturated rings. The molecule has 1 aromatic carbocycles. The van der Waals surface area contributed by atoms with Crippen LogP contribution < -0.4 is 15.5 Å². The summed E-state index contributed by atoms with van der Waals surface area (Å²) in [5.74, 6) is 0.660. The first-order valence-electron chi connectivity index (χ1n) is 12.3. The van der Waals surface area contributed by atoms with Crippen molar-refractivity contribution in [2.24, 2.45) is 5.92 Å². The van der Waals surface area contributed by atoms with Crippen LogP contribution in [-0.2, 0) is 9.53 Å². The van der Waals surface area contributed by atoms with E-state index in [0.29, 0.717) is 30.1 Å². The summed E-state index contributed by atoms with van der Waals surface area (Å²) in [5, 5.41) is 6.09. The molecule has 1 saturated carbocycles. The molecular formula is C25H37N3O3. The fraction of sp³-hybridized carbons (Fsp3) is 0.680. The Morgan fingerprint density at radius 2 is 1.81 bits per heavy atom. The van der Waals surface area contributed by atoms with Crippen LogP contribution in [0.3, 0.4) is 0 Å². The predicted molar refractivity (Wildman–Crippen MR) is 124 cm³/mol. The molecule has 31 heavy (non-hydrogen) atoms. The van der Waals surface area contributed by atoms with Crippen molar-refractivity contribution < 1.29 is 14.3 Å². The molecule has 4 rings (SSSR count). The summed E-state index contributed by atoms with van der Waals surface area (Å²) in [6.07, 6.45) is 12.3. The van der Waals surface area contributed by atoms with Crippen LogP contribution in [-0.4, -0.2) is 44.2 Å². The Hall–Kier alpha value is -2.08. The number of hydrogen-bond donors (Lipinski definition) is 2. The Kier molecular flexibility index (Phi) is 7.84. The highest BCUT2D eigenvalue weighted by Gasteiger charge is 2.22. The average Bonchev–Trinajstić information content (AvgIpc) is 3.51. The highest BCUT2D eigenvalue weighted by Crippen LogP contribution is 2.30. The Bertz CT molecular complexity index is 748. The first-order chi connectivity index (χ1) is 15.2. The summed E-state index contributed by atoms with van der Waals surface area (Å²) in [6, 6.07) is 5.79. The number of piperidine rings is 1. The zero-order valence-corrected chi connectivity index (χ0v) is 18.7. The third kappa shape index (κ3) is 6.22. The van der Waals surface area contributed by atoms with Gasteiger partial charge in [0.2, 0.25) is 5.91 Å². The summed E-state index contributed by atoms with van der Waals surface area (Å²) < 4.78 is 5.65. The van der Waals surface area contributed by atoms with E-state index in [1.807, 2.05) is 18.2 Å². The number of anilines is 2. The first-order valence-corrected chi connectivity index (χ1v) is 12.3. The number of carbonyl (C=O) groups is 2. The highest BCUT2D eigenvalue weighted by molar-refractivity contribution is 6.02. The third-order valence-corrected chi connectivity index (χ3v) is 6.99. The maximum atomic E-state index is 13.1. The summed E-state index contributed by atoms with van der Waals surface area (Å²) in [5.41, 5.74) is 2.32. The minimum Gasteiger partial charge on any atom is -0.376 e. The molecule has 0 unspecified atom stereocenters. The minimum atomic E-state index is -0.0851. The van der Waals surface area contributed by atoms with Crippen LogP contribution in [0.5, 0.6) is 0 Å². The quantitative estimate of drug-likeness (QED) is 0.641. The van der Waals surface area contributed by atoms with Gasteiger partial charge in [0, 0.05) is 44.0 Å². The van der Waals surface area contributed by atoms with Crippen LogP contribution in [0.25, 0.3) is 0 Å². The summed E-state index contributed by atoms with van der Waals surface area (Å²) in [7, 11) is 0. The number of nitrogens with zero attached hydrogens (tertiary/aromatic N) is 1. The molecule has 3 aliphatic rings. The highest BCUT2D eigenvalue weighted by atomic mass is 16.5. The van der Waals surface area contributed by atoms with Crippen molar-refractivity contribution in [3.05, 3.63) is 23.8 Å². The van der Waals surface area contributed by atoms with Crippen LogP contribution in [0.1, 0.15) is 81.0 Å². The van der Waals surface area contributed by atoms with Gasteiger partial charge in [-0.1, -0.05) is 25.7 Å². The molecule has 1 aromatic rings. The normalized spacial score (nSPS) is 21.9. The van der Waals surface area contributed by atoms with Crippen LogP contribution in [0, 0.1) is 5.92 Å². The van der Waals surface area contributed by atoms with Gasteiger partial charge in [0.15, 0.2) is 0 Å². The molecule has 0 bridgehead atoms. The van der Waals surface area contributed by atoms with Crippen molar-refractivity contribution in [1.82, 2.24) is 5.32 Å². The molecule has 6 nitrogen and oxygen atoms in total. The van der Waals surface area contributed by atoms with E-state index < -0.39 is 0 Å². The smallest absolute Gasteiger partial charge is 0.253 e. The van der Waals surface area contributed by atoms with Crippen molar-refractivity contribution in [2.75, 3.05) is 36.5 Å². The second-order valence-electron chi connectivity index (χ2n) is 9.36. The van der Waals surface area contributed by atoms with Crippen molar-refractivity contribution >= 4 is 23.2 Å². The topological polar surface area (TPSA) is 70.7 Å². The lowest BCUT2D eigenvalue weighted by molar-refractivity contribution is -0.116. The van der Waals surface area contributed by atoms with Crippen molar-refractivity contribution in [3.8, 4) is 0 Å². The zero-order chi connectivity index (χ0) is 21.5. The van der Waals surface area contributed by atoms with Crippen molar-refractivity contribution in [3.63, 3.8) is 0 Å². The maximum absolute atomic E-state index is 13.1. The van der Waals surface area contributed by atoms with E-state index in [1.165, 1.54) is 32.1 Å². The van der Waals surface area contributed by atoms with Gasteiger partial charge in [-0.25, -0.2) is 0 Å². The fourth-order valence-corrected chi connectivity index (χ4v) is 5.17. The number of rotatable bonds is 8. The molecular weight excluding hydrogens is 390 g/mol. The molecule has 2 saturated heterocycles. The van der Waals surface area contributed by atoms with Gasteiger partial charge in [-0.15, -0.1) is 0 Å². The van der Waals surface area contributed by atoms with Gasteiger partial charge >= 0.3 is 0 Å². The predicted octanol–water partition coefficient (Wildman–Crippen LogP) is 4.49. The van der Waals surface area contributed by atoms with Crippen LogP contribution >= 0.6 is 0 Å². The van der Waals surface area contributed by atoms with E-state index in [4.69, 9.17) is 4.74 Å². The van der Waals surface area contributed by atoms with Gasteiger partial charge in [0.05, 0.1) is 11.7 Å². The van der Waals surface area contributed by atoms with Gasteiger partial charge in [-0.05, 0) is 62.6 Å². The first kappa shape index (κ1) is 22.1. The Morgan fingerprint density at radius 3 is 2.55 bits per heavy atom. The number of nitrogens with one attached hydrogen (secondary N) is 2. The van der Waals surface area contributed by atoms with E-state index >= 15 is 0 Å². The molecule has 170 valence electrons. The van der Waals surface area contributed by atoms with Crippen molar-refractivity contribution in [2.45, 2.75) is 76.7 Å². The second-order valence-corrected chi connectivity index (χ2v) is 9.36. The third-order valence-electron chi connectivity index (χ3n) is 6.99. The molecule has 0 aromatic heterocycles. The zero-order valence-electron chi connectivity index (χ0n) is 18.7. The van der Waals surface area contributed by atoms with Crippen LogP contribution in [0.4, 0.5) is 11.4 Å². The molecule has 6 heteroatoms. The lowest BCUT2D eigenvalue weighted by atomic mass is 10.0. The molecule has 0 spiro atoms. The number of amides is 2. The molecule has 1 aliphatic carbocycles. The number of carbonyl (C=O) groups excluding carboxylic acids is 2. The van der Waals surface area contributed by atoms with E-state index in [2.05, 4.69) is 15.5 Å². The van der Waals surface area contributed by atoms with E-state index in [-0.39, 0.29) is 17.9 Å². The van der Waals surface area contributed by atoms with Crippen molar-refractivity contribution in [1.29, 1.82) is 0 Å². The van der Waals surface area contributed by atoms with Gasteiger partial charge in [0.25, 0.3) is 5.91 Å². The monoisotopic (exact) mass is 427 g/mol. The summed E-state index contributed by atoms with van der Waals surface area (Å²) in [6.45, 7) is 3.26. The summed E-state index contributed by atoms with van der Waals surface area (Å²) >= 11 is 0. The van der Waals surface area contributed by atoms with Gasteiger partial charge < -0.3 is 20.3 Å². The van der Waals surface area contributed by atoms with Gasteiger partial charge in [-0.3, -0.25) is 9.59 Å². The Balaban J connectivity index is 1.42. The standard InChI is InChI=1S/C25H37N3O3/c29-24(13-10-19-7-2-3-8-19)27-20-11-12-23(28-14-4-1-5-15-28)22(17-20)25(30)26-18-21-9-6-16-31-21/h11-12,17,19,21H,1-10,13-16,18H2,(H,26,30)(H,27,29)/t21-/m1/s1. The Labute approximate surface area is 186 Å². The van der Waals surface area contributed by atoms with E-state index in [0.717, 1.165) is 57.5 Å². The number of benzene rings is 1. The van der Waals surface area contributed by atoms with Gasteiger partial charge in [-0.2, -0.15) is 0 Å². The molecule has 2 aliphatic heterocycles. The lowest BCUT2D eigenvalue weighted by Crippen LogP contribution is -2.35. The summed E-state index contributed by atoms with van der Waals surface area (Å²) in [4.78, 5) is 27.9. The fourth-order valence-electron chi connectivity index (χ4n) is 5.17. The number of hydrogen-bond acceptors (Lipinski definition) is 4. The van der Waals surface area contributed by atoms with E-state index in [1.54, 1.807) is 0 Å².